The predicted octanol–water partition coefficient (Wildman–Crippen LogP) is 3.41. The van der Waals surface area contributed by atoms with Gasteiger partial charge in [0.2, 0.25) is 0 Å². The van der Waals surface area contributed by atoms with Crippen LogP contribution in [0.5, 0.6) is 11.5 Å². The molecule has 1 amide bonds. The molecular weight excluding hydrogens is 316 g/mol. The SMILES string of the molecule is Cc1ccc(OCCN2C(=O)C(C(C)C)Oc3cc(N)ccc32)cc1. The van der Waals surface area contributed by atoms with E-state index in [1.807, 2.05) is 51.1 Å². The molecule has 1 heterocycles. The van der Waals surface area contributed by atoms with Crippen LogP contribution < -0.4 is 20.1 Å². The predicted molar refractivity (Wildman–Crippen MR) is 99.1 cm³/mol. The van der Waals surface area contributed by atoms with Crippen molar-refractivity contribution in [3.05, 3.63) is 48.0 Å². The third-order valence-corrected chi connectivity index (χ3v) is 4.25. The molecule has 0 spiro atoms. The van der Waals surface area contributed by atoms with Gasteiger partial charge in [-0.25, -0.2) is 0 Å². The van der Waals surface area contributed by atoms with Gasteiger partial charge in [0.1, 0.15) is 18.1 Å². The molecule has 5 nitrogen and oxygen atoms in total. The first-order valence-electron chi connectivity index (χ1n) is 8.52. The van der Waals surface area contributed by atoms with Gasteiger partial charge < -0.3 is 20.1 Å². The van der Waals surface area contributed by atoms with E-state index in [-0.39, 0.29) is 11.8 Å². The van der Waals surface area contributed by atoms with Crippen molar-refractivity contribution < 1.29 is 14.3 Å². The Balaban J connectivity index is 1.76. The Morgan fingerprint density at radius 1 is 1.20 bits per heavy atom. The zero-order valence-corrected chi connectivity index (χ0v) is 14.9. The molecule has 1 atom stereocenters. The van der Waals surface area contributed by atoms with Crippen LogP contribution >= 0.6 is 0 Å². The molecule has 0 radical (unpaired) electrons. The van der Waals surface area contributed by atoms with Gasteiger partial charge >= 0.3 is 0 Å². The number of aryl methyl sites for hydroxylation is 1. The quantitative estimate of drug-likeness (QED) is 0.847. The van der Waals surface area contributed by atoms with E-state index in [2.05, 4.69) is 0 Å². The van der Waals surface area contributed by atoms with Gasteiger partial charge in [-0.1, -0.05) is 31.5 Å². The maximum absolute atomic E-state index is 12.8. The summed E-state index contributed by atoms with van der Waals surface area (Å²) in [6.45, 7) is 6.84. The Hall–Kier alpha value is -2.69. The summed E-state index contributed by atoms with van der Waals surface area (Å²) in [6.07, 6.45) is -0.506. The van der Waals surface area contributed by atoms with Crippen molar-refractivity contribution in [2.45, 2.75) is 26.9 Å². The summed E-state index contributed by atoms with van der Waals surface area (Å²) in [5.74, 6) is 1.47. The van der Waals surface area contributed by atoms with Crippen molar-refractivity contribution in [2.24, 2.45) is 5.92 Å². The Bertz CT molecular complexity index is 756. The molecule has 5 heteroatoms. The number of nitrogens with zero attached hydrogens (tertiary/aromatic N) is 1. The van der Waals surface area contributed by atoms with Crippen molar-refractivity contribution in [3.8, 4) is 11.5 Å². The van der Waals surface area contributed by atoms with Crippen LogP contribution in [0.4, 0.5) is 11.4 Å². The monoisotopic (exact) mass is 340 g/mol. The molecule has 2 N–H and O–H groups in total. The molecule has 3 rings (SSSR count). The van der Waals surface area contributed by atoms with E-state index >= 15 is 0 Å². The molecule has 0 aromatic heterocycles. The molecule has 1 unspecified atom stereocenters. The van der Waals surface area contributed by atoms with Crippen molar-refractivity contribution in [3.63, 3.8) is 0 Å². The summed E-state index contributed by atoms with van der Waals surface area (Å²) < 4.78 is 11.7. The number of carbonyl (C=O) groups is 1. The number of fused-ring (bicyclic) bond motifs is 1. The maximum Gasteiger partial charge on any atom is 0.268 e. The minimum absolute atomic E-state index is 0.0419. The standard InChI is InChI=1S/C20H24N2O3/c1-13(2)19-20(23)22(17-9-6-15(21)12-18(17)25-19)10-11-24-16-7-4-14(3)5-8-16/h4-9,12-13,19H,10-11,21H2,1-3H3. The molecule has 0 saturated carbocycles. The fourth-order valence-corrected chi connectivity index (χ4v) is 2.85. The third kappa shape index (κ3) is 3.71. The number of benzene rings is 2. The highest BCUT2D eigenvalue weighted by Gasteiger charge is 2.36. The van der Waals surface area contributed by atoms with Crippen LogP contribution in [-0.2, 0) is 4.79 Å². The van der Waals surface area contributed by atoms with Crippen LogP contribution in [0.25, 0.3) is 0 Å². The number of amides is 1. The molecule has 1 aliphatic rings. The number of rotatable bonds is 5. The van der Waals surface area contributed by atoms with E-state index in [1.54, 1.807) is 17.0 Å². The van der Waals surface area contributed by atoms with Crippen molar-refractivity contribution in [1.82, 2.24) is 0 Å². The summed E-state index contributed by atoms with van der Waals surface area (Å²) >= 11 is 0. The second-order valence-electron chi connectivity index (χ2n) is 6.66. The van der Waals surface area contributed by atoms with Gasteiger partial charge in [-0.05, 0) is 37.1 Å². The van der Waals surface area contributed by atoms with Gasteiger partial charge in [0.05, 0.1) is 12.2 Å². The highest BCUT2D eigenvalue weighted by Crippen LogP contribution is 2.37. The molecule has 0 bridgehead atoms. The topological polar surface area (TPSA) is 64.8 Å². The smallest absolute Gasteiger partial charge is 0.268 e. The van der Waals surface area contributed by atoms with Crippen molar-refractivity contribution in [1.29, 1.82) is 0 Å². The Kier molecular flexibility index (Phi) is 4.83. The van der Waals surface area contributed by atoms with Crippen molar-refractivity contribution in [2.75, 3.05) is 23.8 Å². The minimum atomic E-state index is -0.506. The van der Waals surface area contributed by atoms with Crippen LogP contribution in [0.3, 0.4) is 0 Å². The Morgan fingerprint density at radius 2 is 1.92 bits per heavy atom. The van der Waals surface area contributed by atoms with Crippen LogP contribution in [0.1, 0.15) is 19.4 Å². The van der Waals surface area contributed by atoms with Crippen LogP contribution in [0, 0.1) is 12.8 Å². The minimum Gasteiger partial charge on any atom is -0.492 e. The molecule has 0 aliphatic carbocycles. The maximum atomic E-state index is 12.8. The number of nitrogens with two attached hydrogens (primary N) is 1. The fourth-order valence-electron chi connectivity index (χ4n) is 2.85. The lowest BCUT2D eigenvalue weighted by atomic mass is 10.0. The lowest BCUT2D eigenvalue weighted by Gasteiger charge is -2.36. The molecule has 2 aromatic rings. The number of carbonyl (C=O) groups excluding carboxylic acids is 1. The molecule has 1 aliphatic heterocycles. The van der Waals surface area contributed by atoms with E-state index in [0.29, 0.717) is 24.6 Å². The van der Waals surface area contributed by atoms with E-state index in [4.69, 9.17) is 15.2 Å². The third-order valence-electron chi connectivity index (χ3n) is 4.25. The number of anilines is 2. The molecular formula is C20H24N2O3. The van der Waals surface area contributed by atoms with E-state index < -0.39 is 6.10 Å². The van der Waals surface area contributed by atoms with Gasteiger partial charge in [-0.2, -0.15) is 0 Å². The Labute approximate surface area is 148 Å². The first-order valence-corrected chi connectivity index (χ1v) is 8.52. The Morgan fingerprint density at radius 3 is 2.60 bits per heavy atom. The van der Waals surface area contributed by atoms with Crippen molar-refractivity contribution >= 4 is 17.3 Å². The summed E-state index contributed by atoms with van der Waals surface area (Å²) in [5, 5.41) is 0. The highest BCUT2D eigenvalue weighted by atomic mass is 16.5. The summed E-state index contributed by atoms with van der Waals surface area (Å²) in [7, 11) is 0. The summed E-state index contributed by atoms with van der Waals surface area (Å²) in [5.41, 5.74) is 8.40. The number of hydrogen-bond donors (Lipinski definition) is 1. The van der Waals surface area contributed by atoms with Crippen LogP contribution in [0.2, 0.25) is 0 Å². The van der Waals surface area contributed by atoms with Crippen LogP contribution in [-0.4, -0.2) is 25.2 Å². The summed E-state index contributed by atoms with van der Waals surface area (Å²) in [6, 6.07) is 13.2. The first kappa shape index (κ1) is 17.1. The number of ether oxygens (including phenoxy) is 2. The largest absolute Gasteiger partial charge is 0.492 e. The lowest BCUT2D eigenvalue weighted by molar-refractivity contribution is -0.128. The fraction of sp³-hybridized carbons (Fsp3) is 0.350. The first-order chi connectivity index (χ1) is 12.0. The number of nitrogen functional groups attached to an aromatic ring is 1. The zero-order valence-electron chi connectivity index (χ0n) is 14.9. The molecule has 0 fully saturated rings. The second kappa shape index (κ2) is 7.05. The zero-order chi connectivity index (χ0) is 18.0. The van der Waals surface area contributed by atoms with Crippen LogP contribution in [0.15, 0.2) is 42.5 Å². The lowest BCUT2D eigenvalue weighted by Crippen LogP contribution is -2.49. The molecule has 25 heavy (non-hydrogen) atoms. The average molecular weight is 340 g/mol. The van der Waals surface area contributed by atoms with Gasteiger partial charge in [0.15, 0.2) is 6.10 Å². The van der Waals surface area contributed by atoms with Gasteiger partial charge in [0, 0.05) is 11.8 Å². The second-order valence-corrected chi connectivity index (χ2v) is 6.66. The normalized spacial score (nSPS) is 16.6. The van der Waals surface area contributed by atoms with E-state index in [9.17, 15) is 4.79 Å². The van der Waals surface area contributed by atoms with Gasteiger partial charge in [0.25, 0.3) is 5.91 Å². The number of hydrogen-bond acceptors (Lipinski definition) is 4. The van der Waals surface area contributed by atoms with Gasteiger partial charge in [-0.3, -0.25) is 4.79 Å². The highest BCUT2D eigenvalue weighted by molar-refractivity contribution is 6.00. The van der Waals surface area contributed by atoms with E-state index in [0.717, 1.165) is 11.4 Å². The average Bonchev–Trinajstić information content (AvgIpc) is 2.58. The molecule has 132 valence electrons. The summed E-state index contributed by atoms with van der Waals surface area (Å²) in [4.78, 5) is 14.5. The molecule has 0 saturated heterocycles. The van der Waals surface area contributed by atoms with Gasteiger partial charge in [-0.15, -0.1) is 0 Å². The molecule has 2 aromatic carbocycles. The van der Waals surface area contributed by atoms with E-state index in [1.165, 1.54) is 5.56 Å².